The highest BCUT2D eigenvalue weighted by Gasteiger charge is 2.29. The third-order valence-corrected chi connectivity index (χ3v) is 3.79. The molecule has 1 aromatic heterocycles. The van der Waals surface area contributed by atoms with Crippen LogP contribution < -0.4 is 5.32 Å². The molecule has 116 valence electrons. The minimum absolute atomic E-state index is 0.00340. The number of piperidine rings is 1. The van der Waals surface area contributed by atoms with Gasteiger partial charge in [0, 0.05) is 31.5 Å². The van der Waals surface area contributed by atoms with Crippen LogP contribution >= 0.6 is 0 Å². The molecule has 0 radical (unpaired) electrons. The van der Waals surface area contributed by atoms with Crippen LogP contribution in [0.2, 0.25) is 0 Å². The summed E-state index contributed by atoms with van der Waals surface area (Å²) in [5, 5.41) is 9.51. The predicted molar refractivity (Wildman–Crippen MR) is 77.8 cm³/mol. The number of rotatable bonds is 2. The topological polar surface area (TPSA) is 91.0 Å². The van der Waals surface area contributed by atoms with E-state index in [1.807, 2.05) is 20.8 Å². The van der Waals surface area contributed by atoms with Crippen LogP contribution in [0, 0.1) is 5.92 Å². The van der Waals surface area contributed by atoms with Crippen molar-refractivity contribution < 1.29 is 9.59 Å². The number of nitrogens with zero attached hydrogens (tertiary/aromatic N) is 3. The molecule has 2 amide bonds. The van der Waals surface area contributed by atoms with Gasteiger partial charge in [-0.15, -0.1) is 5.10 Å². The van der Waals surface area contributed by atoms with E-state index in [4.69, 9.17) is 0 Å². The maximum atomic E-state index is 12.4. The molecular weight excluding hydrogens is 270 g/mol. The van der Waals surface area contributed by atoms with Gasteiger partial charge in [0.25, 0.3) is 5.91 Å². The smallest absolute Gasteiger partial charge is 0.293 e. The van der Waals surface area contributed by atoms with Gasteiger partial charge in [-0.25, -0.2) is 4.98 Å². The monoisotopic (exact) mass is 293 g/mol. The molecule has 1 aromatic rings. The molecule has 1 fully saturated rings. The van der Waals surface area contributed by atoms with Crippen molar-refractivity contribution in [1.82, 2.24) is 25.4 Å². The molecule has 7 heteroatoms. The van der Waals surface area contributed by atoms with Gasteiger partial charge >= 0.3 is 0 Å². The number of carbonyl (C=O) groups excluding carboxylic acids is 2. The Morgan fingerprint density at radius 2 is 1.90 bits per heavy atom. The molecule has 0 aliphatic carbocycles. The van der Waals surface area contributed by atoms with E-state index in [2.05, 4.69) is 20.5 Å². The lowest BCUT2D eigenvalue weighted by Gasteiger charge is -2.30. The van der Waals surface area contributed by atoms with Crippen molar-refractivity contribution >= 4 is 11.8 Å². The van der Waals surface area contributed by atoms with Gasteiger partial charge in [-0.05, 0) is 12.8 Å². The van der Waals surface area contributed by atoms with Crippen LogP contribution in [0.4, 0.5) is 0 Å². The van der Waals surface area contributed by atoms with Crippen LogP contribution in [-0.2, 0) is 10.2 Å². The standard InChI is InChI=1S/C14H23N5O2/c1-14(2,3)13-16-10(17-18-13)12(21)19-7-5-9(6-8-19)11(20)15-4/h9H,5-8H2,1-4H3,(H,15,20)(H,16,17,18). The number of H-pyrrole nitrogens is 1. The predicted octanol–water partition coefficient (Wildman–Crippen LogP) is 0.700. The Labute approximate surface area is 124 Å². The van der Waals surface area contributed by atoms with Crippen molar-refractivity contribution in [3.05, 3.63) is 11.6 Å². The number of nitrogens with one attached hydrogen (secondary N) is 2. The normalized spacial score (nSPS) is 16.9. The third-order valence-electron chi connectivity index (χ3n) is 3.79. The average Bonchev–Trinajstić information content (AvgIpc) is 2.95. The highest BCUT2D eigenvalue weighted by Crippen LogP contribution is 2.20. The van der Waals surface area contributed by atoms with Gasteiger partial charge in [0.15, 0.2) is 0 Å². The van der Waals surface area contributed by atoms with E-state index in [1.165, 1.54) is 0 Å². The highest BCUT2D eigenvalue weighted by molar-refractivity contribution is 5.90. The molecule has 2 heterocycles. The first-order chi connectivity index (χ1) is 9.82. The first-order valence-corrected chi connectivity index (χ1v) is 7.26. The minimum Gasteiger partial charge on any atom is -0.359 e. The fourth-order valence-electron chi connectivity index (χ4n) is 2.38. The Bertz CT molecular complexity index is 524. The van der Waals surface area contributed by atoms with Gasteiger partial charge in [0.1, 0.15) is 5.82 Å². The first-order valence-electron chi connectivity index (χ1n) is 7.26. The van der Waals surface area contributed by atoms with Gasteiger partial charge in [-0.2, -0.15) is 0 Å². The summed E-state index contributed by atoms with van der Waals surface area (Å²) in [6.45, 7) is 7.16. The molecule has 21 heavy (non-hydrogen) atoms. The van der Waals surface area contributed by atoms with E-state index in [0.717, 1.165) is 0 Å². The third kappa shape index (κ3) is 3.40. The molecule has 0 aromatic carbocycles. The highest BCUT2D eigenvalue weighted by atomic mass is 16.2. The van der Waals surface area contributed by atoms with Crippen LogP contribution in [0.3, 0.4) is 0 Å². The Hall–Kier alpha value is -1.92. The van der Waals surface area contributed by atoms with Crippen LogP contribution in [-0.4, -0.2) is 52.0 Å². The number of amides is 2. The Morgan fingerprint density at radius 1 is 1.29 bits per heavy atom. The quantitative estimate of drug-likeness (QED) is 0.839. The van der Waals surface area contributed by atoms with E-state index in [1.54, 1.807) is 11.9 Å². The molecule has 2 rings (SSSR count). The second-order valence-electron chi connectivity index (χ2n) is 6.44. The van der Waals surface area contributed by atoms with E-state index in [9.17, 15) is 9.59 Å². The van der Waals surface area contributed by atoms with Crippen LogP contribution in [0.15, 0.2) is 0 Å². The summed E-state index contributed by atoms with van der Waals surface area (Å²) in [6, 6.07) is 0. The van der Waals surface area contributed by atoms with Gasteiger partial charge < -0.3 is 10.2 Å². The largest absolute Gasteiger partial charge is 0.359 e. The molecule has 1 aliphatic rings. The number of hydrogen-bond donors (Lipinski definition) is 2. The summed E-state index contributed by atoms with van der Waals surface area (Å²) < 4.78 is 0. The van der Waals surface area contributed by atoms with Crippen LogP contribution in [0.5, 0.6) is 0 Å². The van der Waals surface area contributed by atoms with Crippen LogP contribution in [0.25, 0.3) is 0 Å². The zero-order chi connectivity index (χ0) is 15.6. The molecule has 0 saturated carbocycles. The molecule has 2 N–H and O–H groups in total. The van der Waals surface area contributed by atoms with Crippen molar-refractivity contribution in [2.75, 3.05) is 20.1 Å². The molecule has 0 bridgehead atoms. The summed E-state index contributed by atoms with van der Waals surface area (Å²) in [5.41, 5.74) is -0.169. The summed E-state index contributed by atoms with van der Waals surface area (Å²) in [7, 11) is 1.64. The number of aromatic nitrogens is 3. The number of likely N-dealkylation sites (tertiary alicyclic amines) is 1. The van der Waals surface area contributed by atoms with E-state index < -0.39 is 0 Å². The van der Waals surface area contributed by atoms with E-state index >= 15 is 0 Å². The first kappa shape index (κ1) is 15.5. The lowest BCUT2D eigenvalue weighted by Crippen LogP contribution is -2.42. The van der Waals surface area contributed by atoms with Crippen molar-refractivity contribution in [1.29, 1.82) is 0 Å². The molecule has 0 unspecified atom stereocenters. The zero-order valence-electron chi connectivity index (χ0n) is 13.1. The van der Waals surface area contributed by atoms with Gasteiger partial charge in [-0.3, -0.25) is 14.7 Å². The molecule has 1 aliphatic heterocycles. The zero-order valence-corrected chi connectivity index (χ0v) is 13.1. The molecule has 0 spiro atoms. The lowest BCUT2D eigenvalue weighted by molar-refractivity contribution is -0.125. The maximum absolute atomic E-state index is 12.4. The summed E-state index contributed by atoms with van der Waals surface area (Å²) in [5.74, 6) is 0.785. The SMILES string of the molecule is CNC(=O)C1CCN(C(=O)c2n[nH]c(C(C)(C)C)n2)CC1. The number of carbonyl (C=O) groups is 2. The Kier molecular flexibility index (Phi) is 4.29. The van der Waals surface area contributed by atoms with Crippen LogP contribution in [0.1, 0.15) is 50.1 Å². The van der Waals surface area contributed by atoms with Gasteiger partial charge in [-0.1, -0.05) is 20.8 Å². The average molecular weight is 293 g/mol. The molecule has 1 saturated heterocycles. The molecular formula is C14H23N5O2. The molecule has 7 nitrogen and oxygen atoms in total. The Balaban J connectivity index is 1.99. The minimum atomic E-state index is -0.169. The second-order valence-corrected chi connectivity index (χ2v) is 6.44. The van der Waals surface area contributed by atoms with Crippen molar-refractivity contribution in [2.45, 2.75) is 39.0 Å². The van der Waals surface area contributed by atoms with Gasteiger partial charge in [0.2, 0.25) is 11.7 Å². The summed E-state index contributed by atoms with van der Waals surface area (Å²) in [4.78, 5) is 30.0. The Morgan fingerprint density at radius 3 is 2.38 bits per heavy atom. The number of hydrogen-bond acceptors (Lipinski definition) is 4. The van der Waals surface area contributed by atoms with E-state index in [-0.39, 0.29) is 29.0 Å². The second kappa shape index (κ2) is 5.83. The van der Waals surface area contributed by atoms with E-state index in [0.29, 0.717) is 31.8 Å². The van der Waals surface area contributed by atoms with Gasteiger partial charge in [0.05, 0.1) is 0 Å². The maximum Gasteiger partial charge on any atom is 0.293 e. The van der Waals surface area contributed by atoms with Crippen molar-refractivity contribution in [3.63, 3.8) is 0 Å². The summed E-state index contributed by atoms with van der Waals surface area (Å²) >= 11 is 0. The fraction of sp³-hybridized carbons (Fsp3) is 0.714. The fourth-order valence-corrected chi connectivity index (χ4v) is 2.38. The number of aromatic amines is 1. The molecule has 0 atom stereocenters. The summed E-state index contributed by atoms with van der Waals surface area (Å²) in [6.07, 6.45) is 1.37. The lowest BCUT2D eigenvalue weighted by atomic mass is 9.96. The van der Waals surface area contributed by atoms with Crippen molar-refractivity contribution in [2.24, 2.45) is 5.92 Å². The van der Waals surface area contributed by atoms with Crippen molar-refractivity contribution in [3.8, 4) is 0 Å².